The van der Waals surface area contributed by atoms with Gasteiger partial charge in [-0.25, -0.2) is 0 Å². The van der Waals surface area contributed by atoms with Crippen LogP contribution in [0.5, 0.6) is 0 Å². The van der Waals surface area contributed by atoms with Gasteiger partial charge >= 0.3 is 0 Å². The van der Waals surface area contributed by atoms with Crippen molar-refractivity contribution < 1.29 is 14.4 Å². The van der Waals surface area contributed by atoms with Crippen LogP contribution in [0.3, 0.4) is 0 Å². The molecule has 0 spiro atoms. The predicted octanol–water partition coefficient (Wildman–Crippen LogP) is 3.37. The van der Waals surface area contributed by atoms with E-state index in [1.165, 1.54) is 6.07 Å². The Morgan fingerprint density at radius 3 is 2.50 bits per heavy atom. The van der Waals surface area contributed by atoms with Gasteiger partial charge in [0.1, 0.15) is 0 Å². The quantitative estimate of drug-likeness (QED) is 0.633. The summed E-state index contributed by atoms with van der Waals surface area (Å²) in [6.45, 7) is 3.98. The van der Waals surface area contributed by atoms with Gasteiger partial charge in [-0.05, 0) is 42.3 Å². The highest BCUT2D eigenvalue weighted by Crippen LogP contribution is 2.13. The fourth-order valence-electron chi connectivity index (χ4n) is 2.37. The number of halogens is 1. The van der Waals surface area contributed by atoms with Crippen LogP contribution in [0.15, 0.2) is 48.5 Å². The van der Waals surface area contributed by atoms with E-state index in [0.29, 0.717) is 22.8 Å². The molecule has 7 heteroatoms. The van der Waals surface area contributed by atoms with Crippen molar-refractivity contribution in [3.8, 4) is 0 Å². The maximum absolute atomic E-state index is 12.0. The zero-order valence-electron chi connectivity index (χ0n) is 15.9. The molecular formula is C21H24ClN3O3. The number of rotatable bonds is 8. The number of anilines is 1. The van der Waals surface area contributed by atoms with Gasteiger partial charge in [0.15, 0.2) is 0 Å². The molecule has 0 heterocycles. The number of benzene rings is 2. The lowest BCUT2D eigenvalue weighted by Gasteiger charge is -2.12. The highest BCUT2D eigenvalue weighted by Gasteiger charge is 2.11. The average Bonchev–Trinajstić information content (AvgIpc) is 2.70. The van der Waals surface area contributed by atoms with E-state index in [1.807, 2.05) is 32.0 Å². The van der Waals surface area contributed by atoms with E-state index in [0.717, 1.165) is 12.0 Å². The van der Waals surface area contributed by atoms with E-state index in [9.17, 15) is 14.4 Å². The summed E-state index contributed by atoms with van der Waals surface area (Å²) < 4.78 is 0. The number of hydrogen-bond donors (Lipinski definition) is 3. The number of amides is 3. The molecule has 0 aliphatic rings. The van der Waals surface area contributed by atoms with Crippen LogP contribution in [0.4, 0.5) is 5.69 Å². The fraction of sp³-hybridized carbons (Fsp3) is 0.286. The smallest absolute Gasteiger partial charge is 0.251 e. The van der Waals surface area contributed by atoms with Crippen LogP contribution in [0, 0.1) is 5.92 Å². The van der Waals surface area contributed by atoms with Crippen LogP contribution in [-0.4, -0.2) is 24.3 Å². The molecule has 0 bridgehead atoms. The summed E-state index contributed by atoms with van der Waals surface area (Å²) in [4.78, 5) is 36.0. The molecule has 28 heavy (non-hydrogen) atoms. The molecule has 0 fully saturated rings. The van der Waals surface area contributed by atoms with E-state index < -0.39 is 0 Å². The third-order valence-electron chi connectivity index (χ3n) is 4.24. The number of carbonyl (C=O) groups excluding carboxylic acids is 3. The van der Waals surface area contributed by atoms with Crippen LogP contribution in [0.25, 0.3) is 0 Å². The molecular weight excluding hydrogens is 378 g/mol. The Balaban J connectivity index is 1.81. The van der Waals surface area contributed by atoms with Crippen LogP contribution in [0.1, 0.15) is 36.2 Å². The third-order valence-corrected chi connectivity index (χ3v) is 4.48. The van der Waals surface area contributed by atoms with E-state index >= 15 is 0 Å². The summed E-state index contributed by atoms with van der Waals surface area (Å²) in [6.07, 6.45) is 0.766. The first-order valence-corrected chi connectivity index (χ1v) is 9.47. The Morgan fingerprint density at radius 1 is 1.04 bits per heavy atom. The summed E-state index contributed by atoms with van der Waals surface area (Å²) in [5.41, 5.74) is 1.92. The first kappa shape index (κ1) is 21.4. The predicted molar refractivity (Wildman–Crippen MR) is 110 cm³/mol. The maximum Gasteiger partial charge on any atom is 0.251 e. The topological polar surface area (TPSA) is 87.3 Å². The minimum Gasteiger partial charge on any atom is -0.350 e. The first-order chi connectivity index (χ1) is 13.4. The molecule has 1 atom stereocenters. The Kier molecular flexibility index (Phi) is 8.02. The van der Waals surface area contributed by atoms with E-state index in [1.54, 1.807) is 24.3 Å². The number of nitrogens with one attached hydrogen (secondary N) is 3. The molecule has 2 rings (SSSR count). The van der Waals surface area contributed by atoms with Gasteiger partial charge in [0.2, 0.25) is 11.8 Å². The lowest BCUT2D eigenvalue weighted by atomic mass is 10.1. The Hall–Kier alpha value is -2.86. The lowest BCUT2D eigenvalue weighted by Crippen LogP contribution is -2.36. The number of hydrogen-bond acceptors (Lipinski definition) is 3. The molecule has 148 valence electrons. The molecule has 3 amide bonds. The van der Waals surface area contributed by atoms with Gasteiger partial charge in [-0.3, -0.25) is 14.4 Å². The fourth-order valence-corrected chi connectivity index (χ4v) is 2.56. The Bertz CT molecular complexity index is 854. The molecule has 0 radical (unpaired) electrons. The molecule has 6 nitrogen and oxygen atoms in total. The first-order valence-electron chi connectivity index (χ1n) is 9.09. The van der Waals surface area contributed by atoms with Crippen LogP contribution < -0.4 is 16.0 Å². The highest BCUT2D eigenvalue weighted by atomic mass is 35.5. The Labute approximate surface area is 169 Å². The van der Waals surface area contributed by atoms with Gasteiger partial charge in [-0.2, -0.15) is 0 Å². The Morgan fingerprint density at radius 2 is 1.79 bits per heavy atom. The van der Waals surface area contributed by atoms with Gasteiger partial charge in [-0.1, -0.05) is 43.6 Å². The summed E-state index contributed by atoms with van der Waals surface area (Å²) in [7, 11) is 0. The second kappa shape index (κ2) is 10.5. The van der Waals surface area contributed by atoms with Crippen molar-refractivity contribution in [3.05, 3.63) is 64.7 Å². The molecule has 2 aromatic rings. The molecule has 0 aromatic heterocycles. The van der Waals surface area contributed by atoms with Crippen molar-refractivity contribution in [2.24, 2.45) is 5.92 Å². The molecule has 1 unspecified atom stereocenters. The van der Waals surface area contributed by atoms with Crippen molar-refractivity contribution in [2.45, 2.75) is 26.8 Å². The van der Waals surface area contributed by atoms with Gasteiger partial charge < -0.3 is 16.0 Å². The maximum atomic E-state index is 12.0. The largest absolute Gasteiger partial charge is 0.350 e. The van der Waals surface area contributed by atoms with E-state index in [-0.39, 0.29) is 30.2 Å². The third kappa shape index (κ3) is 6.70. The second-order valence-electron chi connectivity index (χ2n) is 6.47. The molecule has 0 saturated heterocycles. The SMILES string of the molecule is CCC(C)C(=O)Nc1cccc(CNC(=O)CNC(=O)c2cccc(Cl)c2)c1. The van der Waals surface area contributed by atoms with Crippen molar-refractivity contribution in [1.29, 1.82) is 0 Å². The summed E-state index contributed by atoms with van der Waals surface area (Å²) in [5, 5.41) is 8.61. The molecule has 0 aliphatic carbocycles. The van der Waals surface area contributed by atoms with Crippen LogP contribution in [-0.2, 0) is 16.1 Å². The molecule has 0 aliphatic heterocycles. The second-order valence-corrected chi connectivity index (χ2v) is 6.91. The van der Waals surface area contributed by atoms with Crippen LogP contribution in [0.2, 0.25) is 5.02 Å². The zero-order valence-corrected chi connectivity index (χ0v) is 16.7. The summed E-state index contributed by atoms with van der Waals surface area (Å²) >= 11 is 5.85. The van der Waals surface area contributed by atoms with Crippen molar-refractivity contribution in [1.82, 2.24) is 10.6 Å². The summed E-state index contributed by atoms with van der Waals surface area (Å²) in [6, 6.07) is 13.8. The summed E-state index contributed by atoms with van der Waals surface area (Å²) in [5.74, 6) is -0.782. The van der Waals surface area contributed by atoms with Gasteiger partial charge in [0, 0.05) is 28.7 Å². The number of carbonyl (C=O) groups is 3. The zero-order chi connectivity index (χ0) is 20.5. The minimum absolute atomic E-state index is 0.0348. The molecule has 3 N–H and O–H groups in total. The minimum atomic E-state index is -0.368. The van der Waals surface area contributed by atoms with E-state index in [2.05, 4.69) is 16.0 Å². The monoisotopic (exact) mass is 401 g/mol. The molecule has 0 saturated carbocycles. The standard InChI is InChI=1S/C21H24ClN3O3/c1-3-14(2)20(27)25-18-9-4-6-15(10-18)12-23-19(26)13-24-21(28)16-7-5-8-17(22)11-16/h4-11,14H,3,12-13H2,1-2H3,(H,23,26)(H,24,28)(H,25,27). The van der Waals surface area contributed by atoms with Crippen molar-refractivity contribution >= 4 is 35.0 Å². The normalized spacial score (nSPS) is 11.4. The lowest BCUT2D eigenvalue weighted by molar-refractivity contribution is -0.120. The average molecular weight is 402 g/mol. The van der Waals surface area contributed by atoms with Gasteiger partial charge in [0.05, 0.1) is 6.54 Å². The van der Waals surface area contributed by atoms with E-state index in [4.69, 9.17) is 11.6 Å². The molecule has 2 aromatic carbocycles. The van der Waals surface area contributed by atoms with Crippen molar-refractivity contribution in [2.75, 3.05) is 11.9 Å². The highest BCUT2D eigenvalue weighted by molar-refractivity contribution is 6.31. The van der Waals surface area contributed by atoms with Gasteiger partial charge in [0.25, 0.3) is 5.91 Å². The van der Waals surface area contributed by atoms with Crippen LogP contribution >= 0.6 is 11.6 Å². The van der Waals surface area contributed by atoms with Gasteiger partial charge in [-0.15, -0.1) is 0 Å². The van der Waals surface area contributed by atoms with Crippen molar-refractivity contribution in [3.63, 3.8) is 0 Å².